The van der Waals surface area contributed by atoms with E-state index in [0.29, 0.717) is 11.1 Å². The second-order valence-electron chi connectivity index (χ2n) is 5.57. The van der Waals surface area contributed by atoms with Crippen LogP contribution >= 0.6 is 0 Å². The second-order valence-corrected chi connectivity index (χ2v) is 5.57. The number of Topliss-reactive ketones (excluding diaryl/α,β-unsaturated/α-hetero) is 1. The number of H-pyrrole nitrogens is 1. The molecule has 1 amide bonds. The number of hydroxylamine groups is 1. The average Bonchev–Trinajstić information content (AvgIpc) is 2.84. The first kappa shape index (κ1) is 13.7. The van der Waals surface area contributed by atoms with Gasteiger partial charge in [0.05, 0.1) is 11.3 Å². The maximum absolute atomic E-state index is 12.3. The first-order valence-electron chi connectivity index (χ1n) is 7.32. The van der Waals surface area contributed by atoms with Gasteiger partial charge < -0.3 is 4.98 Å². The Labute approximate surface area is 132 Å². The molecule has 5 heteroatoms. The van der Waals surface area contributed by atoms with Gasteiger partial charge in [0.1, 0.15) is 6.61 Å². The number of hydrogen-bond donors (Lipinski definition) is 2. The van der Waals surface area contributed by atoms with Crippen molar-refractivity contribution in [1.82, 2.24) is 10.5 Å². The molecular formula is C18H14N2O3. The predicted octanol–water partition coefficient (Wildman–Crippen LogP) is 3.21. The molecule has 0 saturated carbocycles. The predicted molar refractivity (Wildman–Crippen MR) is 86.0 cm³/mol. The number of aromatic amines is 1. The molecule has 2 N–H and O–H groups in total. The third-order valence-electron chi connectivity index (χ3n) is 4.10. The molecule has 3 aromatic rings. The van der Waals surface area contributed by atoms with Crippen LogP contribution in [0.1, 0.15) is 33.2 Å². The van der Waals surface area contributed by atoms with Gasteiger partial charge >= 0.3 is 0 Å². The number of carbonyl (C=O) groups excluding carboxylic acids is 2. The standard InChI is InChI=1S/C18H14N2O3/c1-10(21)12-7-13-16-14(9-23-20-18(13)22)17(19-15(16)8-12)11-5-3-2-4-6-11/h2-8,19H,9H2,1H3,(H,20,22). The van der Waals surface area contributed by atoms with E-state index in [0.717, 1.165) is 27.7 Å². The molecule has 4 rings (SSSR count). The number of amides is 1. The zero-order valence-electron chi connectivity index (χ0n) is 12.5. The van der Waals surface area contributed by atoms with Gasteiger partial charge in [-0.05, 0) is 24.6 Å². The molecule has 2 aromatic carbocycles. The molecule has 0 aliphatic carbocycles. The molecule has 0 atom stereocenters. The van der Waals surface area contributed by atoms with Crippen molar-refractivity contribution in [3.05, 3.63) is 59.2 Å². The van der Waals surface area contributed by atoms with Gasteiger partial charge in [-0.1, -0.05) is 30.3 Å². The minimum Gasteiger partial charge on any atom is -0.354 e. The van der Waals surface area contributed by atoms with Gasteiger partial charge in [0, 0.05) is 22.0 Å². The molecule has 114 valence electrons. The lowest BCUT2D eigenvalue weighted by atomic mass is 9.99. The summed E-state index contributed by atoms with van der Waals surface area (Å²) >= 11 is 0. The quantitative estimate of drug-likeness (QED) is 0.714. The Morgan fingerprint density at radius 3 is 2.70 bits per heavy atom. The number of hydrogen-bond acceptors (Lipinski definition) is 3. The number of aromatic nitrogens is 1. The highest BCUT2D eigenvalue weighted by molar-refractivity contribution is 6.12. The van der Waals surface area contributed by atoms with E-state index in [1.165, 1.54) is 6.92 Å². The molecule has 0 radical (unpaired) electrons. The number of nitrogens with one attached hydrogen (secondary N) is 2. The van der Waals surface area contributed by atoms with E-state index in [1.807, 2.05) is 30.3 Å². The lowest BCUT2D eigenvalue weighted by molar-refractivity contribution is 0.0256. The minimum atomic E-state index is -0.338. The molecule has 0 saturated heterocycles. The summed E-state index contributed by atoms with van der Waals surface area (Å²) in [6.45, 7) is 1.75. The first-order valence-corrected chi connectivity index (χ1v) is 7.32. The summed E-state index contributed by atoms with van der Waals surface area (Å²) in [7, 11) is 0. The molecule has 1 aliphatic heterocycles. The third-order valence-corrected chi connectivity index (χ3v) is 4.10. The lowest BCUT2D eigenvalue weighted by Gasteiger charge is -2.04. The smallest absolute Gasteiger partial charge is 0.275 e. The van der Waals surface area contributed by atoms with Crippen molar-refractivity contribution >= 4 is 22.6 Å². The van der Waals surface area contributed by atoms with Crippen LogP contribution in [0, 0.1) is 0 Å². The molecular weight excluding hydrogens is 292 g/mol. The van der Waals surface area contributed by atoms with Crippen LogP contribution in [0.2, 0.25) is 0 Å². The van der Waals surface area contributed by atoms with Crippen molar-refractivity contribution in [2.75, 3.05) is 0 Å². The SMILES string of the molecule is CC(=O)c1cc2c3c(c(-c4ccccc4)[nH]c3c1)CONC2=O. The van der Waals surface area contributed by atoms with Gasteiger partial charge in [0.15, 0.2) is 5.78 Å². The molecule has 5 nitrogen and oxygen atoms in total. The Kier molecular flexibility index (Phi) is 3.02. The Bertz CT molecular complexity index is 942. The largest absolute Gasteiger partial charge is 0.354 e. The summed E-state index contributed by atoms with van der Waals surface area (Å²) in [6.07, 6.45) is 0. The molecule has 1 aliphatic rings. The van der Waals surface area contributed by atoms with E-state index in [-0.39, 0.29) is 18.3 Å². The highest BCUT2D eigenvalue weighted by atomic mass is 16.6. The zero-order valence-corrected chi connectivity index (χ0v) is 12.5. The molecule has 1 aromatic heterocycles. The number of benzene rings is 2. The fourth-order valence-electron chi connectivity index (χ4n) is 3.01. The van der Waals surface area contributed by atoms with Crippen molar-refractivity contribution in [3.8, 4) is 11.3 Å². The summed E-state index contributed by atoms with van der Waals surface area (Å²) in [5.74, 6) is -0.422. The van der Waals surface area contributed by atoms with E-state index in [9.17, 15) is 9.59 Å². The van der Waals surface area contributed by atoms with Crippen LogP contribution < -0.4 is 5.48 Å². The number of carbonyl (C=O) groups is 2. The van der Waals surface area contributed by atoms with Crippen LogP contribution in [-0.4, -0.2) is 16.7 Å². The van der Waals surface area contributed by atoms with E-state index in [2.05, 4.69) is 10.5 Å². The van der Waals surface area contributed by atoms with E-state index in [1.54, 1.807) is 12.1 Å². The topological polar surface area (TPSA) is 71.2 Å². The highest BCUT2D eigenvalue weighted by Gasteiger charge is 2.24. The average molecular weight is 306 g/mol. The van der Waals surface area contributed by atoms with Crippen LogP contribution in [0.3, 0.4) is 0 Å². The molecule has 0 unspecified atom stereocenters. The fraction of sp³-hybridized carbons (Fsp3) is 0.111. The molecule has 23 heavy (non-hydrogen) atoms. The van der Waals surface area contributed by atoms with Gasteiger partial charge in [-0.15, -0.1) is 0 Å². The van der Waals surface area contributed by atoms with Gasteiger partial charge in [-0.2, -0.15) is 0 Å². The fourth-order valence-corrected chi connectivity index (χ4v) is 3.01. The van der Waals surface area contributed by atoms with Crippen LogP contribution in [0.15, 0.2) is 42.5 Å². The van der Waals surface area contributed by atoms with Crippen molar-refractivity contribution in [2.24, 2.45) is 0 Å². The molecule has 0 fully saturated rings. The van der Waals surface area contributed by atoms with E-state index < -0.39 is 0 Å². The first-order chi connectivity index (χ1) is 11.1. The summed E-state index contributed by atoms with van der Waals surface area (Å²) in [4.78, 5) is 32.6. The lowest BCUT2D eigenvalue weighted by Crippen LogP contribution is -2.21. The minimum absolute atomic E-state index is 0.0847. The second kappa shape index (κ2) is 5.07. The van der Waals surface area contributed by atoms with Gasteiger partial charge in [-0.3, -0.25) is 14.4 Å². The monoisotopic (exact) mass is 306 g/mol. The maximum atomic E-state index is 12.3. The van der Waals surface area contributed by atoms with E-state index in [4.69, 9.17) is 4.84 Å². The maximum Gasteiger partial charge on any atom is 0.275 e. The normalized spacial score (nSPS) is 13.7. The number of rotatable bonds is 2. The van der Waals surface area contributed by atoms with Crippen LogP contribution in [0.4, 0.5) is 0 Å². The van der Waals surface area contributed by atoms with Crippen LogP contribution in [0.5, 0.6) is 0 Å². The summed E-state index contributed by atoms with van der Waals surface area (Å²) < 4.78 is 0. The Morgan fingerprint density at radius 1 is 1.17 bits per heavy atom. The van der Waals surface area contributed by atoms with Crippen molar-refractivity contribution < 1.29 is 14.4 Å². The molecule has 0 spiro atoms. The molecule has 2 heterocycles. The van der Waals surface area contributed by atoms with E-state index >= 15 is 0 Å². The van der Waals surface area contributed by atoms with Crippen molar-refractivity contribution in [2.45, 2.75) is 13.5 Å². The zero-order chi connectivity index (χ0) is 16.0. The van der Waals surface area contributed by atoms with Crippen molar-refractivity contribution in [3.63, 3.8) is 0 Å². The van der Waals surface area contributed by atoms with Gasteiger partial charge in [0.25, 0.3) is 5.91 Å². The van der Waals surface area contributed by atoms with Gasteiger partial charge in [-0.25, -0.2) is 5.48 Å². The summed E-state index contributed by atoms with van der Waals surface area (Å²) in [6, 6.07) is 13.3. The summed E-state index contributed by atoms with van der Waals surface area (Å²) in [5.41, 5.74) is 6.96. The van der Waals surface area contributed by atoms with Crippen LogP contribution in [-0.2, 0) is 11.4 Å². The Hall–Kier alpha value is -2.92. The third kappa shape index (κ3) is 2.13. The summed E-state index contributed by atoms with van der Waals surface area (Å²) in [5, 5.41) is 0.809. The Morgan fingerprint density at radius 2 is 1.96 bits per heavy atom. The van der Waals surface area contributed by atoms with Crippen molar-refractivity contribution in [1.29, 1.82) is 0 Å². The number of ketones is 1. The Balaban J connectivity index is 2.08. The highest BCUT2D eigenvalue weighted by Crippen LogP contribution is 2.35. The van der Waals surface area contributed by atoms with Gasteiger partial charge in [0.2, 0.25) is 0 Å². The van der Waals surface area contributed by atoms with Crippen LogP contribution in [0.25, 0.3) is 22.2 Å². The molecule has 0 bridgehead atoms.